The van der Waals surface area contributed by atoms with E-state index >= 15 is 0 Å². The van der Waals surface area contributed by atoms with Crippen LogP contribution >= 0.6 is 0 Å². The quantitative estimate of drug-likeness (QED) is 0.170. The SMILES string of the molecule is c1ccc(-c2ccc(-c3cc(-c4ccc(-c5cccnc5)cc4)nc(-c4ccc(-c5cc6ccccc6c6ccccc56)cc4)n3)cc2)cc1. The smallest absolute Gasteiger partial charge is 0.160 e. The van der Waals surface area contributed by atoms with Crippen LogP contribution in [0.15, 0.2) is 188 Å². The number of nitrogens with zero attached hydrogens (tertiary/aromatic N) is 3. The van der Waals surface area contributed by atoms with Gasteiger partial charge in [0.05, 0.1) is 11.4 Å². The summed E-state index contributed by atoms with van der Waals surface area (Å²) in [5.41, 5.74) is 11.7. The lowest BCUT2D eigenvalue weighted by Crippen LogP contribution is -1.96. The van der Waals surface area contributed by atoms with Crippen molar-refractivity contribution >= 4 is 21.5 Å². The first-order valence-corrected chi connectivity index (χ1v) is 16.8. The maximum Gasteiger partial charge on any atom is 0.160 e. The highest BCUT2D eigenvalue weighted by Gasteiger charge is 2.13. The van der Waals surface area contributed by atoms with Gasteiger partial charge in [0.2, 0.25) is 0 Å². The molecule has 2 aromatic heterocycles. The highest BCUT2D eigenvalue weighted by atomic mass is 14.9. The van der Waals surface area contributed by atoms with Crippen molar-refractivity contribution in [3.63, 3.8) is 0 Å². The lowest BCUT2D eigenvalue weighted by atomic mass is 9.93. The zero-order valence-electron chi connectivity index (χ0n) is 27.2. The van der Waals surface area contributed by atoms with Crippen LogP contribution in [0.1, 0.15) is 0 Å². The van der Waals surface area contributed by atoms with Crippen molar-refractivity contribution < 1.29 is 0 Å². The molecule has 3 heteroatoms. The van der Waals surface area contributed by atoms with Crippen molar-refractivity contribution in [2.75, 3.05) is 0 Å². The molecule has 7 aromatic carbocycles. The minimum absolute atomic E-state index is 0.691. The first-order chi connectivity index (χ1) is 24.8. The van der Waals surface area contributed by atoms with Crippen molar-refractivity contribution in [1.82, 2.24) is 15.0 Å². The minimum Gasteiger partial charge on any atom is -0.264 e. The Morgan fingerprint density at radius 1 is 0.320 bits per heavy atom. The molecule has 9 aromatic rings. The molecule has 0 saturated carbocycles. The highest BCUT2D eigenvalue weighted by molar-refractivity contribution is 6.13. The number of benzene rings is 7. The third kappa shape index (κ3) is 5.61. The van der Waals surface area contributed by atoms with Crippen LogP contribution in [-0.4, -0.2) is 15.0 Å². The van der Waals surface area contributed by atoms with Gasteiger partial charge in [-0.1, -0.05) is 158 Å². The van der Waals surface area contributed by atoms with Gasteiger partial charge in [-0.2, -0.15) is 0 Å². The fourth-order valence-corrected chi connectivity index (χ4v) is 6.80. The van der Waals surface area contributed by atoms with E-state index in [-0.39, 0.29) is 0 Å². The number of pyridine rings is 1. The lowest BCUT2D eigenvalue weighted by Gasteiger charge is -2.13. The molecule has 9 rings (SSSR count). The molecule has 0 amide bonds. The summed E-state index contributed by atoms with van der Waals surface area (Å²) in [6, 6.07) is 62.0. The summed E-state index contributed by atoms with van der Waals surface area (Å²) >= 11 is 0. The molecule has 50 heavy (non-hydrogen) atoms. The Morgan fingerprint density at radius 3 is 1.48 bits per heavy atom. The highest BCUT2D eigenvalue weighted by Crippen LogP contribution is 2.36. The molecule has 0 radical (unpaired) electrons. The normalized spacial score (nSPS) is 11.2. The molecule has 0 saturated heterocycles. The van der Waals surface area contributed by atoms with Crippen LogP contribution < -0.4 is 0 Å². The standard InChI is InChI=1S/C47H31N3/c1-2-9-32(10-3-1)33-16-22-36(23-17-33)45-30-46(37-24-18-34(19-25-37)40-12-8-28-48-31-40)50-47(49-45)38-26-20-35(21-27-38)44-29-39-11-4-5-13-41(39)42-14-6-7-15-43(42)44/h1-31H. The zero-order valence-corrected chi connectivity index (χ0v) is 27.2. The Morgan fingerprint density at radius 2 is 0.820 bits per heavy atom. The monoisotopic (exact) mass is 637 g/mol. The predicted molar refractivity (Wildman–Crippen MR) is 207 cm³/mol. The van der Waals surface area contributed by atoms with Gasteiger partial charge in [-0.15, -0.1) is 0 Å². The summed E-state index contributed by atoms with van der Waals surface area (Å²) in [6.45, 7) is 0. The topological polar surface area (TPSA) is 38.7 Å². The Balaban J connectivity index is 1.13. The summed E-state index contributed by atoms with van der Waals surface area (Å²) < 4.78 is 0. The van der Waals surface area contributed by atoms with Crippen molar-refractivity contribution in [3.8, 4) is 67.3 Å². The Kier molecular flexibility index (Phi) is 7.49. The van der Waals surface area contributed by atoms with Crippen LogP contribution in [0.25, 0.3) is 88.8 Å². The number of hydrogen-bond donors (Lipinski definition) is 0. The van der Waals surface area contributed by atoms with E-state index in [2.05, 4.69) is 169 Å². The van der Waals surface area contributed by atoms with E-state index in [4.69, 9.17) is 9.97 Å². The maximum absolute atomic E-state index is 5.14. The molecule has 0 aliphatic rings. The largest absolute Gasteiger partial charge is 0.264 e. The molecule has 0 N–H and O–H groups in total. The molecule has 234 valence electrons. The van der Waals surface area contributed by atoms with Crippen molar-refractivity contribution in [1.29, 1.82) is 0 Å². The fourth-order valence-electron chi connectivity index (χ4n) is 6.80. The molecular formula is C47H31N3. The summed E-state index contributed by atoms with van der Waals surface area (Å²) in [7, 11) is 0. The number of hydrogen-bond acceptors (Lipinski definition) is 3. The van der Waals surface area contributed by atoms with Gasteiger partial charge in [0.15, 0.2) is 5.82 Å². The van der Waals surface area contributed by atoms with E-state index in [9.17, 15) is 0 Å². The zero-order chi connectivity index (χ0) is 33.3. The summed E-state index contributed by atoms with van der Waals surface area (Å²) in [5, 5.41) is 5.01. The molecule has 0 spiro atoms. The molecule has 0 aliphatic carbocycles. The third-order valence-corrected chi connectivity index (χ3v) is 9.41. The molecule has 3 nitrogen and oxygen atoms in total. The van der Waals surface area contributed by atoms with E-state index < -0.39 is 0 Å². The van der Waals surface area contributed by atoms with Crippen molar-refractivity contribution in [3.05, 3.63) is 188 Å². The fraction of sp³-hybridized carbons (Fsp3) is 0. The first-order valence-electron chi connectivity index (χ1n) is 16.8. The molecule has 0 unspecified atom stereocenters. The van der Waals surface area contributed by atoms with E-state index in [1.165, 1.54) is 38.2 Å². The Hall–Kier alpha value is -6.71. The average Bonchev–Trinajstić information content (AvgIpc) is 3.21. The van der Waals surface area contributed by atoms with Crippen LogP contribution in [0.2, 0.25) is 0 Å². The van der Waals surface area contributed by atoms with Crippen LogP contribution in [0.3, 0.4) is 0 Å². The maximum atomic E-state index is 5.14. The van der Waals surface area contributed by atoms with Gasteiger partial charge in [-0.3, -0.25) is 4.98 Å². The number of rotatable bonds is 6. The number of aromatic nitrogens is 3. The summed E-state index contributed by atoms with van der Waals surface area (Å²) in [6.07, 6.45) is 3.68. The predicted octanol–water partition coefficient (Wildman–Crippen LogP) is 12.2. The van der Waals surface area contributed by atoms with Crippen LogP contribution in [0.5, 0.6) is 0 Å². The first kappa shape index (κ1) is 29.4. The van der Waals surface area contributed by atoms with E-state index in [0.717, 1.165) is 44.8 Å². The van der Waals surface area contributed by atoms with E-state index in [1.807, 2.05) is 18.3 Å². The average molecular weight is 638 g/mol. The lowest BCUT2D eigenvalue weighted by molar-refractivity contribution is 1.18. The molecule has 2 heterocycles. The van der Waals surface area contributed by atoms with Gasteiger partial charge in [0.1, 0.15) is 0 Å². The van der Waals surface area contributed by atoms with Gasteiger partial charge in [-0.25, -0.2) is 9.97 Å². The van der Waals surface area contributed by atoms with Crippen LogP contribution in [0, 0.1) is 0 Å². The Labute approximate surface area is 291 Å². The van der Waals surface area contributed by atoms with Crippen LogP contribution in [0.4, 0.5) is 0 Å². The second-order valence-electron chi connectivity index (χ2n) is 12.5. The second kappa shape index (κ2) is 12.7. The molecule has 0 atom stereocenters. The summed E-state index contributed by atoms with van der Waals surface area (Å²) in [4.78, 5) is 14.6. The van der Waals surface area contributed by atoms with Crippen molar-refractivity contribution in [2.24, 2.45) is 0 Å². The second-order valence-corrected chi connectivity index (χ2v) is 12.5. The minimum atomic E-state index is 0.691. The third-order valence-electron chi connectivity index (χ3n) is 9.41. The Bertz CT molecular complexity index is 2490. The van der Waals surface area contributed by atoms with Gasteiger partial charge in [0, 0.05) is 29.1 Å². The molecule has 0 fully saturated rings. The van der Waals surface area contributed by atoms with Gasteiger partial charge in [-0.05, 0) is 73.1 Å². The van der Waals surface area contributed by atoms with E-state index in [0.29, 0.717) is 5.82 Å². The van der Waals surface area contributed by atoms with Crippen LogP contribution in [-0.2, 0) is 0 Å². The van der Waals surface area contributed by atoms with Gasteiger partial charge < -0.3 is 0 Å². The number of fused-ring (bicyclic) bond motifs is 3. The van der Waals surface area contributed by atoms with Gasteiger partial charge in [0.25, 0.3) is 0 Å². The van der Waals surface area contributed by atoms with Gasteiger partial charge >= 0.3 is 0 Å². The van der Waals surface area contributed by atoms with Crippen molar-refractivity contribution in [2.45, 2.75) is 0 Å². The molecular weight excluding hydrogens is 607 g/mol. The molecule has 0 aliphatic heterocycles. The van der Waals surface area contributed by atoms with E-state index in [1.54, 1.807) is 6.20 Å². The molecule has 0 bridgehead atoms. The summed E-state index contributed by atoms with van der Waals surface area (Å²) in [5.74, 6) is 0.691.